The van der Waals surface area contributed by atoms with Crippen molar-refractivity contribution in [2.45, 2.75) is 39.2 Å². The van der Waals surface area contributed by atoms with Crippen molar-refractivity contribution in [1.29, 1.82) is 0 Å². The first kappa shape index (κ1) is 20.0. The lowest BCUT2D eigenvalue weighted by Crippen LogP contribution is -2.33. The highest BCUT2D eigenvalue weighted by Gasteiger charge is 2.47. The lowest BCUT2D eigenvalue weighted by atomic mass is 9.73. The minimum atomic E-state index is -0.406. The molecule has 1 saturated heterocycles. The quantitative estimate of drug-likeness (QED) is 0.653. The molecular formula is C25H31NO3. The van der Waals surface area contributed by atoms with E-state index in [2.05, 4.69) is 48.2 Å². The normalized spacial score (nSPS) is 24.4. The molecule has 2 fully saturated rings. The zero-order valence-electron chi connectivity index (χ0n) is 17.7. The number of methoxy groups -OCH3 is 1. The van der Waals surface area contributed by atoms with E-state index in [1.54, 1.807) is 14.0 Å². The number of Topliss-reactive ketones (excluding diaryl/α,β-unsaturated/α-hetero) is 1. The number of carbonyl (C=O) groups is 1. The van der Waals surface area contributed by atoms with Gasteiger partial charge in [-0.25, -0.2) is 0 Å². The van der Waals surface area contributed by atoms with E-state index >= 15 is 0 Å². The maximum Gasteiger partial charge on any atom is 0.161 e. The van der Waals surface area contributed by atoms with Gasteiger partial charge in [0.25, 0.3) is 0 Å². The van der Waals surface area contributed by atoms with E-state index in [0.717, 1.165) is 43.3 Å². The highest BCUT2D eigenvalue weighted by Crippen LogP contribution is 2.46. The van der Waals surface area contributed by atoms with Crippen LogP contribution < -0.4 is 9.47 Å². The predicted molar refractivity (Wildman–Crippen MR) is 114 cm³/mol. The molecule has 2 aliphatic rings. The number of hydrogen-bond acceptors (Lipinski definition) is 4. The first-order chi connectivity index (χ1) is 14.0. The van der Waals surface area contributed by atoms with Gasteiger partial charge in [-0.3, -0.25) is 9.69 Å². The maximum atomic E-state index is 12.7. The third kappa shape index (κ3) is 4.32. The molecule has 4 rings (SSSR count). The van der Waals surface area contributed by atoms with E-state index in [1.165, 1.54) is 18.4 Å². The van der Waals surface area contributed by atoms with Gasteiger partial charge in [0, 0.05) is 31.0 Å². The summed E-state index contributed by atoms with van der Waals surface area (Å²) in [6.07, 6.45) is 2.50. The van der Waals surface area contributed by atoms with E-state index in [1.807, 2.05) is 12.1 Å². The number of benzene rings is 2. The van der Waals surface area contributed by atoms with Crippen molar-refractivity contribution in [3.8, 4) is 11.5 Å². The molecule has 4 heteroatoms. The average Bonchev–Trinajstić information content (AvgIpc) is 3.49. The van der Waals surface area contributed by atoms with E-state index in [-0.39, 0.29) is 11.7 Å². The van der Waals surface area contributed by atoms with E-state index in [9.17, 15) is 4.79 Å². The van der Waals surface area contributed by atoms with Crippen LogP contribution in [0.3, 0.4) is 0 Å². The Kier molecular flexibility index (Phi) is 5.64. The molecule has 29 heavy (non-hydrogen) atoms. The molecule has 0 amide bonds. The Hall–Kier alpha value is -2.33. The number of hydrogen-bond donors (Lipinski definition) is 0. The third-order valence-electron chi connectivity index (χ3n) is 6.58. The van der Waals surface area contributed by atoms with E-state index in [0.29, 0.717) is 5.92 Å². The second-order valence-electron chi connectivity index (χ2n) is 8.85. The van der Waals surface area contributed by atoms with Crippen LogP contribution in [0, 0.1) is 11.3 Å². The summed E-state index contributed by atoms with van der Waals surface area (Å²) in [5.41, 5.74) is 2.03. The first-order valence-corrected chi connectivity index (χ1v) is 10.6. The molecule has 154 valence electrons. The van der Waals surface area contributed by atoms with Gasteiger partial charge in [0.1, 0.15) is 5.78 Å². The van der Waals surface area contributed by atoms with Gasteiger partial charge in [-0.15, -0.1) is 0 Å². The van der Waals surface area contributed by atoms with Crippen molar-refractivity contribution in [2.75, 3.05) is 26.8 Å². The fourth-order valence-corrected chi connectivity index (χ4v) is 4.41. The van der Waals surface area contributed by atoms with Crippen LogP contribution in [0.4, 0.5) is 0 Å². The van der Waals surface area contributed by atoms with Crippen LogP contribution in [0.5, 0.6) is 11.5 Å². The van der Waals surface area contributed by atoms with Crippen LogP contribution in [-0.4, -0.2) is 37.5 Å². The monoisotopic (exact) mass is 393 g/mol. The van der Waals surface area contributed by atoms with Crippen molar-refractivity contribution in [3.63, 3.8) is 0 Å². The van der Waals surface area contributed by atoms with Crippen molar-refractivity contribution in [3.05, 3.63) is 59.7 Å². The Bertz CT molecular complexity index is 862. The summed E-state index contributed by atoms with van der Waals surface area (Å²) in [6, 6.07) is 16.7. The van der Waals surface area contributed by atoms with Crippen molar-refractivity contribution in [1.82, 2.24) is 4.90 Å². The van der Waals surface area contributed by atoms with Crippen LogP contribution >= 0.6 is 0 Å². The molecule has 0 aromatic heterocycles. The molecule has 0 radical (unpaired) electrons. The number of carbonyl (C=O) groups excluding carboxylic acids is 1. The summed E-state index contributed by atoms with van der Waals surface area (Å²) in [5, 5.41) is 0. The Morgan fingerprint density at radius 1 is 1.14 bits per heavy atom. The Labute approximate surface area is 173 Å². The highest BCUT2D eigenvalue weighted by atomic mass is 16.5. The molecule has 4 nitrogen and oxygen atoms in total. The third-order valence-corrected chi connectivity index (χ3v) is 6.58. The zero-order valence-corrected chi connectivity index (χ0v) is 17.7. The smallest absolute Gasteiger partial charge is 0.161 e. The predicted octanol–water partition coefficient (Wildman–Crippen LogP) is 4.68. The summed E-state index contributed by atoms with van der Waals surface area (Å²) in [6.45, 7) is 7.08. The number of nitrogens with zero attached hydrogens (tertiary/aromatic N) is 1. The summed E-state index contributed by atoms with van der Waals surface area (Å²) in [5.74, 6) is 2.62. The molecule has 0 N–H and O–H groups in total. The molecule has 0 bridgehead atoms. The van der Waals surface area contributed by atoms with E-state index < -0.39 is 5.41 Å². The molecule has 2 unspecified atom stereocenters. The molecule has 2 aromatic carbocycles. The minimum absolute atomic E-state index is 0.137. The largest absolute Gasteiger partial charge is 0.493 e. The fourth-order valence-electron chi connectivity index (χ4n) is 4.41. The van der Waals surface area contributed by atoms with Gasteiger partial charge in [-0.05, 0) is 48.9 Å². The van der Waals surface area contributed by atoms with Gasteiger partial charge >= 0.3 is 0 Å². The van der Waals surface area contributed by atoms with Gasteiger partial charge < -0.3 is 9.47 Å². The zero-order chi connectivity index (χ0) is 20.4. The molecular weight excluding hydrogens is 362 g/mol. The highest BCUT2D eigenvalue weighted by molar-refractivity contribution is 5.84. The number of likely N-dealkylation sites (tertiary alicyclic amines) is 1. The molecule has 2 atom stereocenters. The topological polar surface area (TPSA) is 38.8 Å². The summed E-state index contributed by atoms with van der Waals surface area (Å²) < 4.78 is 11.6. The van der Waals surface area contributed by atoms with Crippen molar-refractivity contribution < 1.29 is 14.3 Å². The number of ether oxygens (including phenoxy) is 2. The number of ketones is 1. The first-order valence-electron chi connectivity index (χ1n) is 10.6. The second kappa shape index (κ2) is 8.19. The molecule has 1 aliphatic carbocycles. The van der Waals surface area contributed by atoms with Gasteiger partial charge in [-0.2, -0.15) is 0 Å². The average molecular weight is 394 g/mol. The van der Waals surface area contributed by atoms with Crippen molar-refractivity contribution in [2.24, 2.45) is 11.3 Å². The van der Waals surface area contributed by atoms with E-state index in [4.69, 9.17) is 9.47 Å². The summed E-state index contributed by atoms with van der Waals surface area (Å²) in [4.78, 5) is 15.1. The standard InChI is InChI=1S/C25H31NO3/c1-18(27)25(2)17-26(14-19-7-5-4-6-8-19)15-22(25)21-11-12-23(28-3)24(13-21)29-16-20-9-10-20/h4-8,11-13,20,22H,9-10,14-17H2,1-3H3. The number of rotatable bonds is 8. The van der Waals surface area contributed by atoms with Crippen LogP contribution in [0.2, 0.25) is 0 Å². The maximum absolute atomic E-state index is 12.7. The van der Waals surface area contributed by atoms with Crippen molar-refractivity contribution >= 4 is 5.78 Å². The van der Waals surface area contributed by atoms with Crippen LogP contribution in [0.1, 0.15) is 43.7 Å². The Balaban J connectivity index is 1.58. The molecule has 1 heterocycles. The Morgan fingerprint density at radius 3 is 2.55 bits per heavy atom. The summed E-state index contributed by atoms with van der Waals surface area (Å²) in [7, 11) is 1.68. The molecule has 0 spiro atoms. The summed E-state index contributed by atoms with van der Waals surface area (Å²) >= 11 is 0. The molecule has 1 aliphatic heterocycles. The van der Waals surface area contributed by atoms with Gasteiger partial charge in [0.2, 0.25) is 0 Å². The Morgan fingerprint density at radius 2 is 1.90 bits per heavy atom. The van der Waals surface area contributed by atoms with Crippen LogP contribution in [-0.2, 0) is 11.3 Å². The lowest BCUT2D eigenvalue weighted by Gasteiger charge is -2.28. The van der Waals surface area contributed by atoms with Crippen LogP contribution in [0.25, 0.3) is 0 Å². The minimum Gasteiger partial charge on any atom is -0.493 e. The molecule has 2 aromatic rings. The fraction of sp³-hybridized carbons (Fsp3) is 0.480. The lowest BCUT2D eigenvalue weighted by molar-refractivity contribution is -0.125. The van der Waals surface area contributed by atoms with Crippen LogP contribution in [0.15, 0.2) is 48.5 Å². The second-order valence-corrected chi connectivity index (χ2v) is 8.85. The SMILES string of the molecule is COc1ccc(C2CN(Cc3ccccc3)CC2(C)C(C)=O)cc1OCC1CC1. The van der Waals surface area contributed by atoms with Gasteiger partial charge in [0.15, 0.2) is 11.5 Å². The van der Waals surface area contributed by atoms with Gasteiger partial charge in [-0.1, -0.05) is 43.3 Å². The molecule has 1 saturated carbocycles. The van der Waals surface area contributed by atoms with Gasteiger partial charge in [0.05, 0.1) is 13.7 Å².